The molecule has 138 valence electrons. The molecule has 0 aliphatic carbocycles. The molecule has 1 aromatic heterocycles. The van der Waals surface area contributed by atoms with Gasteiger partial charge in [0.25, 0.3) is 11.5 Å². The summed E-state index contributed by atoms with van der Waals surface area (Å²) >= 11 is 0. The molecule has 0 saturated heterocycles. The third-order valence-corrected chi connectivity index (χ3v) is 4.37. The Balaban J connectivity index is 2.23. The normalized spacial score (nSPS) is 11.8. The molecule has 3 aromatic rings. The van der Waals surface area contributed by atoms with Crippen LogP contribution in [0.4, 0.5) is 0 Å². The second-order valence-electron chi connectivity index (χ2n) is 6.14. The highest BCUT2D eigenvalue weighted by molar-refractivity contribution is 6.03. The van der Waals surface area contributed by atoms with Crippen LogP contribution >= 0.6 is 0 Å². The summed E-state index contributed by atoms with van der Waals surface area (Å²) in [5, 5.41) is 18.8. The fraction of sp³-hybridized carbons (Fsp3) is 0.190. The molecule has 0 fully saturated rings. The van der Waals surface area contributed by atoms with Gasteiger partial charge >= 0.3 is 0 Å². The number of aromatic amines is 1. The molecule has 1 atom stereocenters. The van der Waals surface area contributed by atoms with E-state index in [-0.39, 0.29) is 12.2 Å². The molecular formula is C21H21N3O3. The topological polar surface area (TPSA) is 95.1 Å². The van der Waals surface area contributed by atoms with Gasteiger partial charge in [-0.2, -0.15) is 5.10 Å². The number of hydrogen-bond acceptors (Lipinski definition) is 4. The summed E-state index contributed by atoms with van der Waals surface area (Å²) in [4.78, 5) is 25.5. The van der Waals surface area contributed by atoms with Gasteiger partial charge in [0.2, 0.25) is 0 Å². The molecule has 0 aliphatic rings. The van der Waals surface area contributed by atoms with E-state index in [0.29, 0.717) is 17.7 Å². The van der Waals surface area contributed by atoms with E-state index in [4.69, 9.17) is 0 Å². The van der Waals surface area contributed by atoms with Gasteiger partial charge in [-0.3, -0.25) is 9.59 Å². The van der Waals surface area contributed by atoms with Gasteiger partial charge in [-0.15, -0.1) is 0 Å². The van der Waals surface area contributed by atoms with E-state index in [0.717, 1.165) is 11.1 Å². The summed E-state index contributed by atoms with van der Waals surface area (Å²) in [5.74, 6) is -0.532. The van der Waals surface area contributed by atoms with Crippen molar-refractivity contribution >= 4 is 5.91 Å². The summed E-state index contributed by atoms with van der Waals surface area (Å²) in [6.07, 6.45) is 0.553. The summed E-state index contributed by atoms with van der Waals surface area (Å²) in [6, 6.07) is 18.2. The Morgan fingerprint density at radius 1 is 1.07 bits per heavy atom. The molecule has 6 nitrogen and oxygen atoms in total. The average Bonchev–Trinajstić information content (AvgIpc) is 2.72. The van der Waals surface area contributed by atoms with Crippen molar-refractivity contribution in [2.45, 2.75) is 19.4 Å². The summed E-state index contributed by atoms with van der Waals surface area (Å²) in [6.45, 7) is 1.66. The molecule has 2 aromatic carbocycles. The zero-order valence-corrected chi connectivity index (χ0v) is 15.0. The van der Waals surface area contributed by atoms with Crippen LogP contribution in [0.25, 0.3) is 22.4 Å². The van der Waals surface area contributed by atoms with Gasteiger partial charge in [-0.25, -0.2) is 5.10 Å². The molecule has 0 spiro atoms. The van der Waals surface area contributed by atoms with Crippen LogP contribution in [-0.4, -0.2) is 33.9 Å². The van der Waals surface area contributed by atoms with Crippen molar-refractivity contribution in [2.24, 2.45) is 0 Å². The van der Waals surface area contributed by atoms with Gasteiger partial charge in [0.1, 0.15) is 5.56 Å². The predicted octanol–water partition coefficient (Wildman–Crippen LogP) is 2.60. The SMILES string of the molecule is CCC(CO)NC(=O)c1c(-c2ccccc2)c(-c2ccccc2)n[nH]c1=O. The van der Waals surface area contributed by atoms with Crippen molar-refractivity contribution < 1.29 is 9.90 Å². The van der Waals surface area contributed by atoms with E-state index in [1.54, 1.807) is 0 Å². The van der Waals surface area contributed by atoms with Gasteiger partial charge in [0, 0.05) is 11.1 Å². The van der Waals surface area contributed by atoms with Crippen molar-refractivity contribution in [2.75, 3.05) is 6.61 Å². The highest BCUT2D eigenvalue weighted by Crippen LogP contribution is 2.31. The molecule has 1 heterocycles. The number of aliphatic hydroxyl groups excluding tert-OH is 1. The smallest absolute Gasteiger partial charge is 0.277 e. The number of carbonyl (C=O) groups is 1. The first-order valence-electron chi connectivity index (χ1n) is 8.81. The maximum absolute atomic E-state index is 12.9. The van der Waals surface area contributed by atoms with Crippen LogP contribution in [0.3, 0.4) is 0 Å². The summed E-state index contributed by atoms with van der Waals surface area (Å²) < 4.78 is 0. The number of nitrogens with one attached hydrogen (secondary N) is 2. The van der Waals surface area contributed by atoms with Crippen molar-refractivity contribution in [3.63, 3.8) is 0 Å². The van der Waals surface area contributed by atoms with Gasteiger partial charge in [0.15, 0.2) is 0 Å². The molecule has 1 unspecified atom stereocenters. The number of nitrogens with zero attached hydrogens (tertiary/aromatic N) is 1. The number of rotatable bonds is 6. The van der Waals surface area contributed by atoms with Gasteiger partial charge in [-0.1, -0.05) is 67.6 Å². The maximum atomic E-state index is 12.9. The lowest BCUT2D eigenvalue weighted by atomic mass is 9.95. The molecule has 0 radical (unpaired) electrons. The first-order valence-corrected chi connectivity index (χ1v) is 8.81. The van der Waals surface area contributed by atoms with E-state index in [2.05, 4.69) is 15.5 Å². The monoisotopic (exact) mass is 363 g/mol. The van der Waals surface area contributed by atoms with Crippen LogP contribution in [0.15, 0.2) is 65.5 Å². The van der Waals surface area contributed by atoms with E-state index in [1.807, 2.05) is 67.6 Å². The zero-order valence-electron chi connectivity index (χ0n) is 15.0. The van der Waals surface area contributed by atoms with Crippen LogP contribution in [0.5, 0.6) is 0 Å². The van der Waals surface area contributed by atoms with E-state index < -0.39 is 17.5 Å². The molecule has 0 bridgehead atoms. The summed E-state index contributed by atoms with van der Waals surface area (Å²) in [7, 11) is 0. The second-order valence-corrected chi connectivity index (χ2v) is 6.14. The van der Waals surface area contributed by atoms with E-state index in [9.17, 15) is 14.7 Å². The third-order valence-electron chi connectivity index (χ3n) is 4.37. The minimum absolute atomic E-state index is 0.0121. The van der Waals surface area contributed by atoms with Crippen LogP contribution in [0.2, 0.25) is 0 Å². The van der Waals surface area contributed by atoms with Gasteiger partial charge < -0.3 is 10.4 Å². The predicted molar refractivity (Wildman–Crippen MR) is 104 cm³/mol. The Kier molecular flexibility index (Phi) is 5.78. The highest BCUT2D eigenvalue weighted by Gasteiger charge is 2.24. The van der Waals surface area contributed by atoms with Gasteiger partial charge in [0.05, 0.1) is 18.3 Å². The average molecular weight is 363 g/mol. The number of hydrogen-bond donors (Lipinski definition) is 3. The third kappa shape index (κ3) is 3.96. The van der Waals surface area contributed by atoms with Crippen LogP contribution in [-0.2, 0) is 0 Å². The molecule has 6 heteroatoms. The standard InChI is InChI=1S/C21H21N3O3/c1-2-16(13-25)22-20(26)18-17(14-9-5-3-6-10-14)19(23-24-21(18)27)15-11-7-4-8-12-15/h3-12,16,25H,2,13H2,1H3,(H,22,26)(H,24,27). The number of aromatic nitrogens is 2. The van der Waals surface area contributed by atoms with Crippen LogP contribution in [0, 0.1) is 0 Å². The number of benzene rings is 2. The zero-order chi connectivity index (χ0) is 19.2. The summed E-state index contributed by atoms with van der Waals surface area (Å²) in [5.41, 5.74) is 1.91. The van der Waals surface area contributed by atoms with Crippen molar-refractivity contribution in [1.29, 1.82) is 0 Å². The first-order chi connectivity index (χ1) is 13.2. The van der Waals surface area contributed by atoms with E-state index in [1.165, 1.54) is 0 Å². The number of aliphatic hydroxyl groups is 1. The second kappa shape index (κ2) is 8.42. The minimum atomic E-state index is -0.571. The lowest BCUT2D eigenvalue weighted by molar-refractivity contribution is 0.0914. The van der Waals surface area contributed by atoms with Crippen LogP contribution in [0.1, 0.15) is 23.7 Å². The lowest BCUT2D eigenvalue weighted by Gasteiger charge is -2.17. The highest BCUT2D eigenvalue weighted by atomic mass is 16.3. The molecule has 0 aliphatic heterocycles. The quantitative estimate of drug-likeness (QED) is 0.627. The largest absolute Gasteiger partial charge is 0.394 e. The van der Waals surface area contributed by atoms with Crippen molar-refractivity contribution in [1.82, 2.24) is 15.5 Å². The number of amides is 1. The molecule has 27 heavy (non-hydrogen) atoms. The van der Waals surface area contributed by atoms with E-state index >= 15 is 0 Å². The Labute approximate surface area is 156 Å². The molecule has 1 amide bonds. The molecule has 0 saturated carbocycles. The Bertz CT molecular complexity index is 965. The maximum Gasteiger partial charge on any atom is 0.277 e. The molecular weight excluding hydrogens is 342 g/mol. The molecule has 3 rings (SSSR count). The van der Waals surface area contributed by atoms with Gasteiger partial charge in [-0.05, 0) is 12.0 Å². The fourth-order valence-electron chi connectivity index (χ4n) is 2.89. The van der Waals surface area contributed by atoms with Crippen molar-refractivity contribution in [3.05, 3.63) is 76.6 Å². The first kappa shape index (κ1) is 18.5. The fourth-order valence-corrected chi connectivity index (χ4v) is 2.89. The minimum Gasteiger partial charge on any atom is -0.394 e. The lowest BCUT2D eigenvalue weighted by Crippen LogP contribution is -2.40. The Morgan fingerprint density at radius 2 is 1.67 bits per heavy atom. The van der Waals surface area contributed by atoms with Crippen LogP contribution < -0.4 is 10.9 Å². The number of H-pyrrole nitrogens is 1. The Hall–Kier alpha value is -3.25. The molecule has 3 N–H and O–H groups in total. The number of carbonyl (C=O) groups excluding carboxylic acids is 1. The van der Waals surface area contributed by atoms with Crippen molar-refractivity contribution in [3.8, 4) is 22.4 Å². The Morgan fingerprint density at radius 3 is 2.22 bits per heavy atom.